The summed E-state index contributed by atoms with van der Waals surface area (Å²) >= 11 is 0. The first-order valence-corrected chi connectivity index (χ1v) is 8.13. The van der Waals surface area contributed by atoms with Gasteiger partial charge in [-0.25, -0.2) is 0 Å². The molecule has 0 fully saturated rings. The number of primary amides is 1. The lowest BCUT2D eigenvalue weighted by Crippen LogP contribution is -2.38. The van der Waals surface area contributed by atoms with E-state index >= 15 is 0 Å². The number of hydrogen-bond acceptors (Lipinski definition) is 3. The summed E-state index contributed by atoms with van der Waals surface area (Å²) in [5, 5.41) is 2.52. The second-order valence-corrected chi connectivity index (χ2v) is 5.56. The molecule has 0 heterocycles. The minimum atomic E-state index is -0.784. The third-order valence-electron chi connectivity index (χ3n) is 3.44. The molecule has 1 atom stereocenters. The smallest absolute Gasteiger partial charge is 0.220 e. The van der Waals surface area contributed by atoms with Gasteiger partial charge in [-0.15, -0.1) is 0 Å². The summed E-state index contributed by atoms with van der Waals surface area (Å²) in [7, 11) is 0. The molecular weight excluding hydrogens is 268 g/mol. The Bertz CT molecular complexity index is 306. The summed E-state index contributed by atoms with van der Waals surface area (Å²) in [4.78, 5) is 32.9. The molecule has 5 heteroatoms. The second-order valence-electron chi connectivity index (χ2n) is 5.56. The van der Waals surface area contributed by atoms with Gasteiger partial charge in [0.15, 0.2) is 0 Å². The number of nitrogens with two attached hydrogens (primary N) is 1. The molecule has 122 valence electrons. The average Bonchev–Trinajstić information content (AvgIpc) is 2.44. The van der Waals surface area contributed by atoms with E-state index in [0.29, 0.717) is 12.7 Å². The Morgan fingerprint density at radius 3 is 2.00 bits per heavy atom. The van der Waals surface area contributed by atoms with E-state index in [2.05, 4.69) is 12.2 Å². The lowest BCUT2D eigenvalue weighted by atomic mass is 10.1. The molecule has 0 bridgehead atoms. The molecule has 0 aliphatic heterocycles. The monoisotopic (exact) mass is 298 g/mol. The van der Waals surface area contributed by atoms with Crippen molar-refractivity contribution >= 4 is 18.1 Å². The number of amides is 2. The number of aldehydes is 1. The summed E-state index contributed by atoms with van der Waals surface area (Å²) in [6, 6.07) is -0.784. The quantitative estimate of drug-likeness (QED) is 0.381. The molecule has 21 heavy (non-hydrogen) atoms. The van der Waals surface area contributed by atoms with Crippen molar-refractivity contribution < 1.29 is 14.4 Å². The minimum absolute atomic E-state index is 0.132. The van der Waals surface area contributed by atoms with Gasteiger partial charge in [-0.3, -0.25) is 9.59 Å². The molecule has 0 unspecified atom stereocenters. The van der Waals surface area contributed by atoms with Crippen LogP contribution in [-0.4, -0.2) is 24.1 Å². The normalized spacial score (nSPS) is 11.9. The van der Waals surface area contributed by atoms with Crippen LogP contribution >= 0.6 is 0 Å². The molecule has 0 aromatic heterocycles. The fraction of sp³-hybridized carbons (Fsp3) is 0.812. The Hall–Kier alpha value is -1.39. The molecule has 0 aliphatic carbocycles. The van der Waals surface area contributed by atoms with E-state index < -0.39 is 11.9 Å². The van der Waals surface area contributed by atoms with Gasteiger partial charge in [-0.05, 0) is 6.42 Å². The van der Waals surface area contributed by atoms with Gasteiger partial charge in [0.1, 0.15) is 6.29 Å². The largest absolute Gasteiger partial charge is 0.370 e. The maximum absolute atomic E-state index is 11.6. The second kappa shape index (κ2) is 13.6. The van der Waals surface area contributed by atoms with E-state index in [9.17, 15) is 14.4 Å². The highest BCUT2D eigenvalue weighted by molar-refractivity contribution is 5.83. The van der Waals surface area contributed by atoms with E-state index in [1.807, 2.05) is 0 Å². The summed E-state index contributed by atoms with van der Waals surface area (Å²) < 4.78 is 0. The third-order valence-corrected chi connectivity index (χ3v) is 3.44. The predicted molar refractivity (Wildman–Crippen MR) is 83.7 cm³/mol. The third kappa shape index (κ3) is 13.4. The van der Waals surface area contributed by atoms with Crippen LogP contribution in [0.1, 0.15) is 77.6 Å². The van der Waals surface area contributed by atoms with Crippen LogP contribution in [0.25, 0.3) is 0 Å². The molecule has 0 saturated carbocycles. The average molecular weight is 298 g/mol. The maximum Gasteiger partial charge on any atom is 0.220 e. The SMILES string of the molecule is CCCCCCCCCCCC(=O)N[C@@H](C=O)CC(N)=O. The number of carbonyl (C=O) groups excluding carboxylic acids is 3. The van der Waals surface area contributed by atoms with Crippen molar-refractivity contribution in [3.63, 3.8) is 0 Å². The Morgan fingerprint density at radius 1 is 1.00 bits per heavy atom. The zero-order valence-corrected chi connectivity index (χ0v) is 13.2. The van der Waals surface area contributed by atoms with Crippen molar-refractivity contribution in [2.75, 3.05) is 0 Å². The Morgan fingerprint density at radius 2 is 1.52 bits per heavy atom. The van der Waals surface area contributed by atoms with Gasteiger partial charge >= 0.3 is 0 Å². The van der Waals surface area contributed by atoms with Crippen molar-refractivity contribution in [1.29, 1.82) is 0 Å². The summed E-state index contributed by atoms with van der Waals surface area (Å²) in [5.41, 5.74) is 4.99. The Labute approximate surface area is 128 Å². The van der Waals surface area contributed by atoms with Crippen LogP contribution in [0.5, 0.6) is 0 Å². The molecular formula is C16H30N2O3. The van der Waals surface area contributed by atoms with E-state index in [0.717, 1.165) is 19.3 Å². The van der Waals surface area contributed by atoms with Crippen molar-refractivity contribution in [3.05, 3.63) is 0 Å². The number of hydrogen-bond donors (Lipinski definition) is 2. The van der Waals surface area contributed by atoms with Crippen molar-refractivity contribution in [1.82, 2.24) is 5.32 Å². The van der Waals surface area contributed by atoms with Gasteiger partial charge in [0, 0.05) is 6.42 Å². The molecule has 0 spiro atoms. The summed E-state index contributed by atoms with van der Waals surface area (Å²) in [6.07, 6.45) is 11.6. The van der Waals surface area contributed by atoms with Crippen LogP contribution < -0.4 is 11.1 Å². The zero-order valence-electron chi connectivity index (χ0n) is 13.2. The molecule has 0 rings (SSSR count). The van der Waals surface area contributed by atoms with Crippen LogP contribution in [0, 0.1) is 0 Å². The lowest BCUT2D eigenvalue weighted by Gasteiger charge is -2.10. The molecule has 0 aromatic carbocycles. The van der Waals surface area contributed by atoms with Gasteiger partial charge < -0.3 is 15.8 Å². The number of carbonyl (C=O) groups is 3. The summed E-state index contributed by atoms with van der Waals surface area (Å²) in [5.74, 6) is -0.772. The fourth-order valence-electron chi connectivity index (χ4n) is 2.23. The molecule has 0 aliphatic rings. The first-order chi connectivity index (χ1) is 10.1. The van der Waals surface area contributed by atoms with Gasteiger partial charge in [0.05, 0.1) is 12.5 Å². The highest BCUT2D eigenvalue weighted by Gasteiger charge is 2.13. The molecule has 0 radical (unpaired) electrons. The number of rotatable bonds is 14. The Kier molecular flexibility index (Phi) is 12.7. The van der Waals surface area contributed by atoms with Crippen LogP contribution in [0.3, 0.4) is 0 Å². The lowest BCUT2D eigenvalue weighted by molar-refractivity contribution is -0.125. The van der Waals surface area contributed by atoms with E-state index in [1.54, 1.807) is 0 Å². The van der Waals surface area contributed by atoms with Crippen molar-refractivity contribution in [2.24, 2.45) is 5.73 Å². The van der Waals surface area contributed by atoms with Crippen LogP contribution in [0.2, 0.25) is 0 Å². The molecule has 3 N–H and O–H groups in total. The highest BCUT2D eigenvalue weighted by atomic mass is 16.2. The molecule has 5 nitrogen and oxygen atoms in total. The topological polar surface area (TPSA) is 89.3 Å². The van der Waals surface area contributed by atoms with Gasteiger partial charge in [0.2, 0.25) is 11.8 Å². The predicted octanol–water partition coefficient (Wildman–Crippen LogP) is 2.47. The van der Waals surface area contributed by atoms with Gasteiger partial charge in [0.25, 0.3) is 0 Å². The van der Waals surface area contributed by atoms with Crippen molar-refractivity contribution in [2.45, 2.75) is 83.6 Å². The summed E-state index contributed by atoms with van der Waals surface area (Å²) in [6.45, 7) is 2.21. The standard InChI is InChI=1S/C16H30N2O3/c1-2-3-4-5-6-7-8-9-10-11-16(21)18-14(13-19)12-15(17)20/h13-14H,2-12H2,1H3,(H2,17,20)(H,18,21)/t14-/m1/s1. The van der Waals surface area contributed by atoms with E-state index in [-0.39, 0.29) is 12.3 Å². The van der Waals surface area contributed by atoms with Crippen LogP contribution in [-0.2, 0) is 14.4 Å². The Balaban J connectivity index is 3.48. The van der Waals surface area contributed by atoms with E-state index in [4.69, 9.17) is 5.73 Å². The van der Waals surface area contributed by atoms with Crippen molar-refractivity contribution in [3.8, 4) is 0 Å². The molecule has 2 amide bonds. The van der Waals surface area contributed by atoms with Gasteiger partial charge in [-0.1, -0.05) is 58.3 Å². The van der Waals surface area contributed by atoms with Gasteiger partial charge in [-0.2, -0.15) is 0 Å². The molecule has 0 aromatic rings. The number of nitrogens with one attached hydrogen (secondary N) is 1. The first-order valence-electron chi connectivity index (χ1n) is 8.13. The maximum atomic E-state index is 11.6. The minimum Gasteiger partial charge on any atom is -0.370 e. The van der Waals surface area contributed by atoms with Crippen LogP contribution in [0.15, 0.2) is 0 Å². The zero-order chi connectivity index (χ0) is 15.9. The number of unbranched alkanes of at least 4 members (excludes halogenated alkanes) is 8. The molecule has 0 saturated heterocycles. The first kappa shape index (κ1) is 19.6. The fourth-order valence-corrected chi connectivity index (χ4v) is 2.23. The van der Waals surface area contributed by atoms with Crippen LogP contribution in [0.4, 0.5) is 0 Å². The highest BCUT2D eigenvalue weighted by Crippen LogP contribution is 2.10. The van der Waals surface area contributed by atoms with E-state index in [1.165, 1.54) is 38.5 Å².